The van der Waals surface area contributed by atoms with Crippen molar-refractivity contribution < 1.29 is 13.2 Å². The fourth-order valence-electron chi connectivity index (χ4n) is 1.66. The number of nitrogens with zero attached hydrogens (tertiary/aromatic N) is 1. The van der Waals surface area contributed by atoms with Gasteiger partial charge in [0.15, 0.2) is 0 Å². The molecule has 0 saturated carbocycles. The van der Waals surface area contributed by atoms with E-state index in [9.17, 15) is 13.2 Å². The van der Waals surface area contributed by atoms with Gasteiger partial charge >= 0.3 is 0 Å². The third kappa shape index (κ3) is 4.23. The average Bonchev–Trinajstić information content (AvgIpc) is 2.46. The number of sulfonamides is 1. The molecule has 6 heteroatoms. The lowest BCUT2D eigenvalue weighted by molar-refractivity contribution is 0.0953. The van der Waals surface area contributed by atoms with Crippen LogP contribution in [0.3, 0.4) is 0 Å². The zero-order valence-corrected chi connectivity index (χ0v) is 13.0. The molecule has 0 spiro atoms. The summed E-state index contributed by atoms with van der Waals surface area (Å²) in [7, 11) is -1.76. The molecule has 0 aliphatic heterocycles. The van der Waals surface area contributed by atoms with E-state index in [1.54, 1.807) is 31.2 Å². The van der Waals surface area contributed by atoms with Crippen molar-refractivity contribution in [3.05, 3.63) is 29.8 Å². The van der Waals surface area contributed by atoms with Gasteiger partial charge in [-0.05, 0) is 37.6 Å². The van der Waals surface area contributed by atoms with Crippen LogP contribution in [-0.4, -0.2) is 33.7 Å². The summed E-state index contributed by atoms with van der Waals surface area (Å²) in [5.41, 5.74) is 1.09. The number of benzene rings is 1. The van der Waals surface area contributed by atoms with Gasteiger partial charge in [0.25, 0.3) is 5.91 Å². The fraction of sp³-hybridized carbons (Fsp3) is 0.500. The Bertz CT molecular complexity index is 538. The molecule has 0 heterocycles. The molecule has 0 fully saturated rings. The maximum absolute atomic E-state index is 11.8. The van der Waals surface area contributed by atoms with E-state index in [0.29, 0.717) is 17.8 Å². The second-order valence-corrected chi connectivity index (χ2v) is 6.81. The Hall–Kier alpha value is -1.56. The Morgan fingerprint density at radius 1 is 1.20 bits per heavy atom. The fourth-order valence-corrected chi connectivity index (χ4v) is 2.49. The smallest absolute Gasteiger partial charge is 0.251 e. The van der Waals surface area contributed by atoms with E-state index in [-0.39, 0.29) is 11.7 Å². The minimum Gasteiger partial charge on any atom is -0.352 e. The number of nitrogens with one attached hydrogen (secondary N) is 1. The van der Waals surface area contributed by atoms with Crippen LogP contribution >= 0.6 is 0 Å². The predicted octanol–water partition coefficient (Wildman–Crippen LogP) is 2.00. The number of anilines is 1. The van der Waals surface area contributed by atoms with E-state index in [4.69, 9.17) is 0 Å². The summed E-state index contributed by atoms with van der Waals surface area (Å²) in [5.74, 6) is -0.0889. The molecule has 0 aliphatic carbocycles. The summed E-state index contributed by atoms with van der Waals surface area (Å²) in [6.45, 7) is 4.31. The number of rotatable bonds is 7. The van der Waals surface area contributed by atoms with Gasteiger partial charge in [-0.1, -0.05) is 13.3 Å². The number of carbonyl (C=O) groups is 1. The van der Waals surface area contributed by atoms with Gasteiger partial charge in [-0.25, -0.2) is 8.42 Å². The largest absolute Gasteiger partial charge is 0.352 e. The van der Waals surface area contributed by atoms with Crippen LogP contribution in [0, 0.1) is 0 Å². The molecular formula is C14H22N2O3S. The molecule has 0 atom stereocenters. The van der Waals surface area contributed by atoms with E-state index in [1.807, 2.05) is 0 Å². The second-order valence-electron chi connectivity index (χ2n) is 4.52. The van der Waals surface area contributed by atoms with Gasteiger partial charge in [0.05, 0.1) is 11.4 Å². The Morgan fingerprint density at radius 3 is 2.30 bits per heavy atom. The first kappa shape index (κ1) is 16.5. The van der Waals surface area contributed by atoms with Crippen molar-refractivity contribution in [3.63, 3.8) is 0 Å². The van der Waals surface area contributed by atoms with Crippen LogP contribution in [-0.2, 0) is 10.0 Å². The first-order valence-corrected chi connectivity index (χ1v) is 8.38. The molecule has 1 rings (SSSR count). The topological polar surface area (TPSA) is 66.5 Å². The van der Waals surface area contributed by atoms with E-state index in [0.717, 1.165) is 12.8 Å². The number of hydrogen-bond acceptors (Lipinski definition) is 3. The van der Waals surface area contributed by atoms with Gasteiger partial charge < -0.3 is 5.32 Å². The summed E-state index contributed by atoms with van der Waals surface area (Å²) in [5, 5.41) is 2.82. The Balaban J connectivity index is 2.76. The minimum atomic E-state index is -3.27. The lowest BCUT2D eigenvalue weighted by Crippen LogP contribution is -2.28. The molecule has 0 unspecified atom stereocenters. The minimum absolute atomic E-state index is 0.0444. The highest BCUT2D eigenvalue weighted by Crippen LogP contribution is 2.17. The molecule has 1 aromatic carbocycles. The number of unbranched alkanes of at least 4 members (excludes halogenated alkanes) is 1. The van der Waals surface area contributed by atoms with E-state index >= 15 is 0 Å². The zero-order chi connectivity index (χ0) is 15.2. The predicted molar refractivity (Wildman–Crippen MR) is 81.5 cm³/mol. The van der Waals surface area contributed by atoms with Crippen LogP contribution in [0.1, 0.15) is 37.0 Å². The molecule has 112 valence electrons. The monoisotopic (exact) mass is 298 g/mol. The maximum atomic E-state index is 11.8. The third-order valence-electron chi connectivity index (χ3n) is 3.09. The number of carbonyl (C=O) groups excluding carboxylic acids is 1. The highest BCUT2D eigenvalue weighted by atomic mass is 32.2. The quantitative estimate of drug-likeness (QED) is 0.783. The highest BCUT2D eigenvalue weighted by molar-refractivity contribution is 7.92. The summed E-state index contributed by atoms with van der Waals surface area (Å²) in [6.07, 6.45) is 1.97. The van der Waals surface area contributed by atoms with Crippen LogP contribution in [0.4, 0.5) is 5.69 Å². The molecular weight excluding hydrogens is 276 g/mol. The molecule has 1 N–H and O–H groups in total. The van der Waals surface area contributed by atoms with Crippen LogP contribution in [0.2, 0.25) is 0 Å². The van der Waals surface area contributed by atoms with Crippen LogP contribution in [0.5, 0.6) is 0 Å². The lowest BCUT2D eigenvalue weighted by Gasteiger charge is -2.18. The van der Waals surface area contributed by atoms with E-state index < -0.39 is 10.0 Å². The van der Waals surface area contributed by atoms with Crippen molar-refractivity contribution in [2.45, 2.75) is 26.7 Å². The van der Waals surface area contributed by atoms with Crippen LogP contribution in [0.15, 0.2) is 24.3 Å². The molecule has 0 aromatic heterocycles. The highest BCUT2D eigenvalue weighted by Gasteiger charge is 2.16. The van der Waals surface area contributed by atoms with Crippen LogP contribution < -0.4 is 9.62 Å². The van der Waals surface area contributed by atoms with Crippen molar-refractivity contribution in [1.29, 1.82) is 0 Å². The van der Waals surface area contributed by atoms with E-state index in [2.05, 4.69) is 12.2 Å². The molecule has 1 amide bonds. The SMILES string of the molecule is CCCCNC(=O)c1ccc(N(C)S(=O)(=O)CC)cc1. The maximum Gasteiger partial charge on any atom is 0.251 e. The average molecular weight is 298 g/mol. The van der Waals surface area contributed by atoms with Crippen molar-refractivity contribution in [3.8, 4) is 0 Å². The molecule has 0 radical (unpaired) electrons. The standard InChI is InChI=1S/C14H22N2O3S/c1-4-6-11-15-14(17)12-7-9-13(10-8-12)16(3)20(18,19)5-2/h7-10H,4-6,11H2,1-3H3,(H,15,17). The molecule has 0 bridgehead atoms. The third-order valence-corrected chi connectivity index (χ3v) is 4.87. The zero-order valence-electron chi connectivity index (χ0n) is 12.2. The van der Waals surface area contributed by atoms with Gasteiger partial charge in [0, 0.05) is 19.2 Å². The molecule has 0 aliphatic rings. The summed E-state index contributed by atoms with van der Waals surface area (Å²) in [6, 6.07) is 6.56. The first-order valence-electron chi connectivity index (χ1n) is 6.77. The van der Waals surface area contributed by atoms with E-state index in [1.165, 1.54) is 11.4 Å². The molecule has 1 aromatic rings. The normalized spacial score (nSPS) is 11.2. The summed E-state index contributed by atoms with van der Waals surface area (Å²) >= 11 is 0. The number of hydrogen-bond donors (Lipinski definition) is 1. The van der Waals surface area contributed by atoms with Gasteiger partial charge in [0.2, 0.25) is 10.0 Å². The van der Waals surface area contributed by atoms with Crippen molar-refractivity contribution in [2.24, 2.45) is 0 Å². The lowest BCUT2D eigenvalue weighted by atomic mass is 10.2. The Kier molecular flexibility index (Phi) is 6.01. The van der Waals surface area contributed by atoms with Crippen molar-refractivity contribution in [2.75, 3.05) is 23.7 Å². The molecule has 20 heavy (non-hydrogen) atoms. The van der Waals surface area contributed by atoms with Gasteiger partial charge in [0.1, 0.15) is 0 Å². The molecule has 5 nitrogen and oxygen atoms in total. The van der Waals surface area contributed by atoms with Gasteiger partial charge in [-0.15, -0.1) is 0 Å². The first-order chi connectivity index (χ1) is 9.42. The van der Waals surface area contributed by atoms with Crippen molar-refractivity contribution in [1.82, 2.24) is 5.32 Å². The molecule has 0 saturated heterocycles. The number of amides is 1. The Labute approximate surface area is 121 Å². The van der Waals surface area contributed by atoms with Crippen molar-refractivity contribution >= 4 is 21.6 Å². The summed E-state index contributed by atoms with van der Waals surface area (Å²) in [4.78, 5) is 11.8. The van der Waals surface area contributed by atoms with Gasteiger partial charge in [-0.3, -0.25) is 9.10 Å². The second kappa shape index (κ2) is 7.28. The van der Waals surface area contributed by atoms with Gasteiger partial charge in [-0.2, -0.15) is 0 Å². The Morgan fingerprint density at radius 2 is 1.80 bits per heavy atom. The van der Waals surface area contributed by atoms with Crippen LogP contribution in [0.25, 0.3) is 0 Å². The summed E-state index contributed by atoms with van der Waals surface area (Å²) < 4.78 is 24.7.